The zero-order chi connectivity index (χ0) is 12.6. The van der Waals surface area contributed by atoms with E-state index in [1.54, 1.807) is 17.1 Å². The second-order valence-electron chi connectivity index (χ2n) is 5.63. The van der Waals surface area contributed by atoms with Crippen LogP contribution in [0.15, 0.2) is 12.4 Å². The first-order valence-electron chi connectivity index (χ1n) is 6.67. The van der Waals surface area contributed by atoms with Gasteiger partial charge in [0.25, 0.3) is 5.91 Å². The predicted molar refractivity (Wildman–Crippen MR) is 68.3 cm³/mol. The Hall–Kier alpha value is -1.36. The molecule has 0 atom stereocenters. The molecule has 2 fully saturated rings. The first-order chi connectivity index (χ1) is 8.69. The first kappa shape index (κ1) is 11.7. The van der Waals surface area contributed by atoms with E-state index in [0.29, 0.717) is 11.0 Å². The summed E-state index contributed by atoms with van der Waals surface area (Å²) >= 11 is 0. The molecule has 5 heteroatoms. The summed E-state index contributed by atoms with van der Waals surface area (Å²) < 4.78 is 1.68. The largest absolute Gasteiger partial charge is 0.338 e. The zero-order valence-electron chi connectivity index (χ0n) is 10.9. The van der Waals surface area contributed by atoms with Gasteiger partial charge in [0.15, 0.2) is 0 Å². The van der Waals surface area contributed by atoms with Gasteiger partial charge in [-0.2, -0.15) is 5.10 Å². The van der Waals surface area contributed by atoms with Crippen LogP contribution in [0.3, 0.4) is 0 Å². The van der Waals surface area contributed by atoms with Crippen LogP contribution in [0.4, 0.5) is 0 Å². The third-order valence-electron chi connectivity index (χ3n) is 4.34. The lowest BCUT2D eigenvalue weighted by Gasteiger charge is -2.33. The molecule has 2 saturated heterocycles. The topological polar surface area (TPSA) is 50.2 Å². The van der Waals surface area contributed by atoms with E-state index in [-0.39, 0.29) is 5.91 Å². The van der Waals surface area contributed by atoms with E-state index in [1.165, 1.54) is 12.8 Å². The molecule has 0 saturated carbocycles. The molecule has 1 aromatic heterocycles. The molecule has 2 aliphatic heterocycles. The van der Waals surface area contributed by atoms with Gasteiger partial charge in [-0.3, -0.25) is 9.48 Å². The van der Waals surface area contributed by atoms with Crippen molar-refractivity contribution in [2.24, 2.45) is 12.5 Å². The Balaban J connectivity index is 1.70. The second-order valence-corrected chi connectivity index (χ2v) is 5.63. The van der Waals surface area contributed by atoms with Crippen molar-refractivity contribution in [1.29, 1.82) is 0 Å². The van der Waals surface area contributed by atoms with Gasteiger partial charge in [-0.05, 0) is 37.8 Å². The monoisotopic (exact) mass is 248 g/mol. The molecule has 1 N–H and O–H groups in total. The van der Waals surface area contributed by atoms with Crippen LogP contribution in [0.2, 0.25) is 0 Å². The Bertz CT molecular complexity index is 448. The molecule has 1 amide bonds. The predicted octanol–water partition coefficient (Wildman–Crippen LogP) is 0.636. The van der Waals surface area contributed by atoms with Crippen LogP contribution in [-0.4, -0.2) is 46.8 Å². The number of hydrogen-bond donors (Lipinski definition) is 1. The minimum absolute atomic E-state index is 0.138. The lowest BCUT2D eigenvalue weighted by molar-refractivity contribution is 0.0761. The average molecular weight is 248 g/mol. The zero-order valence-corrected chi connectivity index (χ0v) is 10.9. The molecule has 18 heavy (non-hydrogen) atoms. The van der Waals surface area contributed by atoms with E-state index in [1.807, 2.05) is 11.9 Å². The number of carbonyl (C=O) groups is 1. The Labute approximate surface area is 107 Å². The van der Waals surface area contributed by atoms with E-state index in [4.69, 9.17) is 0 Å². The molecular formula is C13H20N4O. The summed E-state index contributed by atoms with van der Waals surface area (Å²) in [4.78, 5) is 14.3. The van der Waals surface area contributed by atoms with Crippen molar-refractivity contribution in [3.63, 3.8) is 0 Å². The molecule has 2 aliphatic rings. The van der Waals surface area contributed by atoms with Crippen LogP contribution in [-0.2, 0) is 7.05 Å². The summed E-state index contributed by atoms with van der Waals surface area (Å²) in [5, 5.41) is 7.47. The molecular weight excluding hydrogens is 228 g/mol. The van der Waals surface area contributed by atoms with Crippen LogP contribution in [0, 0.1) is 5.41 Å². The van der Waals surface area contributed by atoms with E-state index in [9.17, 15) is 4.79 Å². The lowest BCUT2D eigenvalue weighted by Crippen LogP contribution is -2.39. The number of piperidine rings is 1. The van der Waals surface area contributed by atoms with Crippen LogP contribution in [0.5, 0.6) is 0 Å². The van der Waals surface area contributed by atoms with Crippen LogP contribution < -0.4 is 5.32 Å². The van der Waals surface area contributed by atoms with Gasteiger partial charge < -0.3 is 10.2 Å². The number of nitrogens with zero attached hydrogens (tertiary/aromatic N) is 3. The first-order valence-corrected chi connectivity index (χ1v) is 6.67. The molecule has 1 spiro atoms. The molecule has 3 rings (SSSR count). The summed E-state index contributed by atoms with van der Waals surface area (Å²) in [6.07, 6.45) is 7.01. The Morgan fingerprint density at radius 2 is 2.17 bits per heavy atom. The molecule has 98 valence electrons. The fourth-order valence-corrected chi connectivity index (χ4v) is 3.19. The van der Waals surface area contributed by atoms with Gasteiger partial charge in [-0.1, -0.05) is 0 Å². The molecule has 0 bridgehead atoms. The SMILES string of the molecule is Cn1cc(C(=O)N2CCC3(CCNCC3)C2)cn1. The highest BCUT2D eigenvalue weighted by atomic mass is 16.2. The number of hydrogen-bond acceptors (Lipinski definition) is 3. The maximum Gasteiger partial charge on any atom is 0.257 e. The van der Waals surface area contributed by atoms with Crippen molar-refractivity contribution < 1.29 is 4.79 Å². The number of amides is 1. The van der Waals surface area contributed by atoms with Crippen LogP contribution in [0.1, 0.15) is 29.6 Å². The fourth-order valence-electron chi connectivity index (χ4n) is 3.19. The smallest absolute Gasteiger partial charge is 0.257 e. The van der Waals surface area contributed by atoms with Crippen molar-refractivity contribution in [2.75, 3.05) is 26.2 Å². The maximum atomic E-state index is 12.3. The molecule has 0 unspecified atom stereocenters. The van der Waals surface area contributed by atoms with Gasteiger partial charge in [0, 0.05) is 26.3 Å². The number of likely N-dealkylation sites (tertiary alicyclic amines) is 1. The van der Waals surface area contributed by atoms with Crippen molar-refractivity contribution in [1.82, 2.24) is 20.0 Å². The van der Waals surface area contributed by atoms with E-state index in [2.05, 4.69) is 10.4 Å². The number of carbonyl (C=O) groups excluding carboxylic acids is 1. The number of aryl methyl sites for hydroxylation is 1. The van der Waals surface area contributed by atoms with Gasteiger partial charge >= 0.3 is 0 Å². The van der Waals surface area contributed by atoms with Crippen molar-refractivity contribution >= 4 is 5.91 Å². The Kier molecular flexibility index (Phi) is 2.86. The van der Waals surface area contributed by atoms with Gasteiger partial charge in [-0.15, -0.1) is 0 Å². The van der Waals surface area contributed by atoms with Crippen molar-refractivity contribution in [2.45, 2.75) is 19.3 Å². The molecule has 0 aliphatic carbocycles. The second kappa shape index (κ2) is 4.39. The Morgan fingerprint density at radius 3 is 2.83 bits per heavy atom. The third kappa shape index (κ3) is 2.03. The number of nitrogens with one attached hydrogen (secondary N) is 1. The van der Waals surface area contributed by atoms with Gasteiger partial charge in [0.2, 0.25) is 0 Å². The highest BCUT2D eigenvalue weighted by Gasteiger charge is 2.40. The summed E-state index contributed by atoms with van der Waals surface area (Å²) in [6.45, 7) is 4.00. The highest BCUT2D eigenvalue weighted by Crippen LogP contribution is 2.38. The van der Waals surface area contributed by atoms with Crippen molar-refractivity contribution in [3.8, 4) is 0 Å². The highest BCUT2D eigenvalue weighted by molar-refractivity contribution is 5.93. The quantitative estimate of drug-likeness (QED) is 0.793. The van der Waals surface area contributed by atoms with Crippen LogP contribution >= 0.6 is 0 Å². The van der Waals surface area contributed by atoms with E-state index >= 15 is 0 Å². The lowest BCUT2D eigenvalue weighted by atomic mass is 9.78. The van der Waals surface area contributed by atoms with E-state index < -0.39 is 0 Å². The molecule has 0 radical (unpaired) electrons. The van der Waals surface area contributed by atoms with Gasteiger partial charge in [0.05, 0.1) is 11.8 Å². The molecule has 0 aromatic carbocycles. The maximum absolute atomic E-state index is 12.3. The minimum Gasteiger partial charge on any atom is -0.338 e. The minimum atomic E-state index is 0.138. The third-order valence-corrected chi connectivity index (χ3v) is 4.34. The number of rotatable bonds is 1. The average Bonchev–Trinajstić information content (AvgIpc) is 2.97. The molecule has 1 aromatic rings. The number of aromatic nitrogens is 2. The normalized spacial score (nSPS) is 22.6. The summed E-state index contributed by atoms with van der Waals surface area (Å²) in [6, 6.07) is 0. The summed E-state index contributed by atoms with van der Waals surface area (Å²) in [5.41, 5.74) is 1.09. The molecule has 5 nitrogen and oxygen atoms in total. The standard InChI is InChI=1S/C13H20N4O/c1-16-9-11(8-15-16)12(18)17-7-4-13(10-17)2-5-14-6-3-13/h8-9,14H,2-7,10H2,1H3. The molecule has 3 heterocycles. The van der Waals surface area contributed by atoms with Gasteiger partial charge in [0.1, 0.15) is 0 Å². The summed E-state index contributed by atoms with van der Waals surface area (Å²) in [5.74, 6) is 0.138. The fraction of sp³-hybridized carbons (Fsp3) is 0.692. The van der Waals surface area contributed by atoms with Gasteiger partial charge in [-0.25, -0.2) is 0 Å². The summed E-state index contributed by atoms with van der Waals surface area (Å²) in [7, 11) is 1.84. The van der Waals surface area contributed by atoms with Crippen LogP contribution in [0.25, 0.3) is 0 Å². The van der Waals surface area contributed by atoms with Crippen molar-refractivity contribution in [3.05, 3.63) is 18.0 Å². The Morgan fingerprint density at radius 1 is 1.39 bits per heavy atom. The van der Waals surface area contributed by atoms with E-state index in [0.717, 1.165) is 32.6 Å².